The molecule has 0 radical (unpaired) electrons. The molecule has 1 aliphatic rings. The minimum atomic E-state index is -0.425. The standard InChI is InChI=1S/C19H21N5O2/c1-4-26-19(25)16-11-24-17(21-16)8-13(3)18(22-24)23-6-5-15-14(10-23)7-12(2)9-20-15/h7-9,11H,4-6,10H2,1-3H3. The third-order valence-electron chi connectivity index (χ3n) is 4.58. The van der Waals surface area contributed by atoms with Crippen molar-refractivity contribution in [1.82, 2.24) is 19.6 Å². The number of aromatic nitrogens is 4. The molecule has 0 spiro atoms. The summed E-state index contributed by atoms with van der Waals surface area (Å²) in [4.78, 5) is 23.0. The Morgan fingerprint density at radius 1 is 1.31 bits per heavy atom. The second kappa shape index (κ2) is 6.40. The minimum Gasteiger partial charge on any atom is -0.461 e. The van der Waals surface area contributed by atoms with Crippen LogP contribution in [0.3, 0.4) is 0 Å². The van der Waals surface area contributed by atoms with Crippen molar-refractivity contribution in [3.63, 3.8) is 0 Å². The molecule has 4 rings (SSSR count). The van der Waals surface area contributed by atoms with Crippen LogP contribution in [0, 0.1) is 13.8 Å². The Labute approximate surface area is 151 Å². The van der Waals surface area contributed by atoms with Crippen LogP contribution in [0.4, 0.5) is 5.82 Å². The molecule has 0 aromatic carbocycles. The zero-order valence-corrected chi connectivity index (χ0v) is 15.2. The molecule has 7 nitrogen and oxygen atoms in total. The molecule has 0 atom stereocenters. The van der Waals surface area contributed by atoms with Gasteiger partial charge in [-0.3, -0.25) is 4.98 Å². The topological polar surface area (TPSA) is 72.6 Å². The number of carbonyl (C=O) groups excluding carboxylic acids is 1. The summed E-state index contributed by atoms with van der Waals surface area (Å²) in [5.41, 5.74) is 5.53. The monoisotopic (exact) mass is 351 g/mol. The minimum absolute atomic E-state index is 0.278. The van der Waals surface area contributed by atoms with E-state index < -0.39 is 5.97 Å². The normalized spacial score (nSPS) is 13.7. The molecule has 1 aliphatic heterocycles. The Morgan fingerprint density at radius 3 is 2.96 bits per heavy atom. The predicted molar refractivity (Wildman–Crippen MR) is 97.4 cm³/mol. The van der Waals surface area contributed by atoms with Crippen LogP contribution in [0.15, 0.2) is 24.5 Å². The second-order valence-electron chi connectivity index (χ2n) is 6.59. The number of esters is 1. The molecule has 0 amide bonds. The van der Waals surface area contributed by atoms with E-state index in [1.54, 1.807) is 17.6 Å². The molecule has 0 saturated carbocycles. The molecule has 3 aromatic rings. The highest BCUT2D eigenvalue weighted by molar-refractivity contribution is 5.88. The van der Waals surface area contributed by atoms with Crippen LogP contribution < -0.4 is 4.90 Å². The third-order valence-corrected chi connectivity index (χ3v) is 4.58. The van der Waals surface area contributed by atoms with Crippen molar-refractivity contribution in [2.24, 2.45) is 0 Å². The third kappa shape index (κ3) is 2.89. The summed E-state index contributed by atoms with van der Waals surface area (Å²) in [5.74, 6) is 0.475. The van der Waals surface area contributed by atoms with Crippen LogP contribution in [0.5, 0.6) is 0 Å². The predicted octanol–water partition coefficient (Wildman–Crippen LogP) is 2.48. The van der Waals surface area contributed by atoms with E-state index in [4.69, 9.17) is 9.84 Å². The lowest BCUT2D eigenvalue weighted by Crippen LogP contribution is -2.32. The number of pyridine rings is 1. The van der Waals surface area contributed by atoms with Gasteiger partial charge in [-0.15, -0.1) is 5.10 Å². The van der Waals surface area contributed by atoms with Gasteiger partial charge in [0.1, 0.15) is 0 Å². The van der Waals surface area contributed by atoms with Gasteiger partial charge in [-0.25, -0.2) is 14.3 Å². The molecule has 4 heterocycles. The fourth-order valence-electron chi connectivity index (χ4n) is 3.35. The molecule has 0 unspecified atom stereocenters. The van der Waals surface area contributed by atoms with Gasteiger partial charge in [0, 0.05) is 31.4 Å². The van der Waals surface area contributed by atoms with E-state index in [2.05, 4.69) is 27.9 Å². The molecule has 0 bridgehead atoms. The highest BCUT2D eigenvalue weighted by Crippen LogP contribution is 2.25. The van der Waals surface area contributed by atoms with Crippen molar-refractivity contribution in [1.29, 1.82) is 0 Å². The fraction of sp³-hybridized carbons (Fsp3) is 0.368. The first kappa shape index (κ1) is 16.5. The summed E-state index contributed by atoms with van der Waals surface area (Å²) in [6.45, 7) is 7.82. The zero-order valence-electron chi connectivity index (χ0n) is 15.2. The second-order valence-corrected chi connectivity index (χ2v) is 6.59. The Morgan fingerprint density at radius 2 is 2.15 bits per heavy atom. The lowest BCUT2D eigenvalue weighted by atomic mass is 10.0. The maximum Gasteiger partial charge on any atom is 0.358 e. The highest BCUT2D eigenvalue weighted by Gasteiger charge is 2.21. The average Bonchev–Trinajstić information content (AvgIpc) is 3.03. The molecule has 26 heavy (non-hydrogen) atoms. The van der Waals surface area contributed by atoms with Crippen LogP contribution >= 0.6 is 0 Å². The van der Waals surface area contributed by atoms with Gasteiger partial charge in [-0.05, 0) is 43.5 Å². The van der Waals surface area contributed by atoms with Gasteiger partial charge >= 0.3 is 5.97 Å². The van der Waals surface area contributed by atoms with Crippen molar-refractivity contribution >= 4 is 17.4 Å². The maximum absolute atomic E-state index is 11.9. The van der Waals surface area contributed by atoms with Crippen molar-refractivity contribution in [2.45, 2.75) is 33.7 Å². The number of carbonyl (C=O) groups is 1. The SMILES string of the molecule is CCOC(=O)c1cn2nc(N3CCc4ncc(C)cc4C3)c(C)cc2n1. The van der Waals surface area contributed by atoms with E-state index in [9.17, 15) is 4.79 Å². The molecular weight excluding hydrogens is 330 g/mol. The van der Waals surface area contributed by atoms with Crippen molar-refractivity contribution in [2.75, 3.05) is 18.1 Å². The molecule has 0 aliphatic carbocycles. The highest BCUT2D eigenvalue weighted by atomic mass is 16.5. The Hall–Kier alpha value is -2.96. The number of hydrogen-bond donors (Lipinski definition) is 0. The van der Waals surface area contributed by atoms with Crippen LogP contribution in [0.2, 0.25) is 0 Å². The first-order chi connectivity index (χ1) is 12.5. The summed E-state index contributed by atoms with van der Waals surface area (Å²) >= 11 is 0. The molecule has 0 fully saturated rings. The number of nitrogens with zero attached hydrogens (tertiary/aromatic N) is 5. The van der Waals surface area contributed by atoms with Gasteiger partial charge in [0.15, 0.2) is 17.2 Å². The van der Waals surface area contributed by atoms with E-state index >= 15 is 0 Å². The van der Waals surface area contributed by atoms with Crippen molar-refractivity contribution < 1.29 is 9.53 Å². The maximum atomic E-state index is 11.9. The van der Waals surface area contributed by atoms with E-state index in [0.29, 0.717) is 12.3 Å². The van der Waals surface area contributed by atoms with Gasteiger partial charge in [0.25, 0.3) is 0 Å². The molecule has 7 heteroatoms. The van der Waals surface area contributed by atoms with E-state index in [1.807, 2.05) is 19.2 Å². The van der Waals surface area contributed by atoms with E-state index in [1.165, 1.54) is 11.1 Å². The van der Waals surface area contributed by atoms with Gasteiger partial charge < -0.3 is 9.64 Å². The van der Waals surface area contributed by atoms with Crippen molar-refractivity contribution in [3.8, 4) is 0 Å². The van der Waals surface area contributed by atoms with Crippen LogP contribution in [-0.2, 0) is 17.7 Å². The average molecular weight is 351 g/mol. The summed E-state index contributed by atoms with van der Waals surface area (Å²) in [6, 6.07) is 4.15. The number of hydrogen-bond acceptors (Lipinski definition) is 6. The van der Waals surface area contributed by atoms with E-state index in [-0.39, 0.29) is 5.69 Å². The summed E-state index contributed by atoms with van der Waals surface area (Å²) in [7, 11) is 0. The number of imidazole rings is 1. The first-order valence-corrected chi connectivity index (χ1v) is 8.78. The van der Waals surface area contributed by atoms with E-state index in [0.717, 1.165) is 36.6 Å². The molecule has 134 valence electrons. The van der Waals surface area contributed by atoms with Crippen LogP contribution in [-0.4, -0.2) is 38.7 Å². The summed E-state index contributed by atoms with van der Waals surface area (Å²) < 4.78 is 6.68. The van der Waals surface area contributed by atoms with Crippen LogP contribution in [0.1, 0.15) is 39.8 Å². The molecule has 0 N–H and O–H groups in total. The van der Waals surface area contributed by atoms with Gasteiger partial charge in [0.05, 0.1) is 12.8 Å². The molecule has 3 aromatic heterocycles. The number of ether oxygens (including phenoxy) is 1. The number of fused-ring (bicyclic) bond motifs is 2. The van der Waals surface area contributed by atoms with Crippen molar-refractivity contribution in [3.05, 3.63) is 52.6 Å². The molecular formula is C19H21N5O2. The molecule has 0 saturated heterocycles. The lowest BCUT2D eigenvalue weighted by Gasteiger charge is -2.30. The number of rotatable bonds is 3. The zero-order chi connectivity index (χ0) is 18.3. The fourth-order valence-corrected chi connectivity index (χ4v) is 3.35. The number of anilines is 1. The van der Waals surface area contributed by atoms with Gasteiger partial charge in [-0.1, -0.05) is 6.07 Å². The smallest absolute Gasteiger partial charge is 0.358 e. The van der Waals surface area contributed by atoms with Crippen LogP contribution in [0.25, 0.3) is 5.65 Å². The largest absolute Gasteiger partial charge is 0.461 e. The Kier molecular flexibility index (Phi) is 4.06. The Balaban J connectivity index is 1.68. The Bertz CT molecular complexity index is 995. The summed E-state index contributed by atoms with van der Waals surface area (Å²) in [6.07, 6.45) is 4.44. The lowest BCUT2D eigenvalue weighted by molar-refractivity contribution is 0.0520. The van der Waals surface area contributed by atoms with Gasteiger partial charge in [0.2, 0.25) is 0 Å². The number of aryl methyl sites for hydroxylation is 2. The first-order valence-electron chi connectivity index (χ1n) is 8.78. The van der Waals surface area contributed by atoms with Gasteiger partial charge in [-0.2, -0.15) is 0 Å². The quantitative estimate of drug-likeness (QED) is 0.675. The summed E-state index contributed by atoms with van der Waals surface area (Å²) in [5, 5.41) is 4.71.